The molecule has 1 fully saturated rings. The summed E-state index contributed by atoms with van der Waals surface area (Å²) in [5.41, 5.74) is 2.83. The Hall–Kier alpha value is -3.28. The van der Waals surface area contributed by atoms with Crippen LogP contribution in [0, 0.1) is 11.7 Å². The first kappa shape index (κ1) is 19.1. The Labute approximate surface area is 169 Å². The van der Waals surface area contributed by atoms with Gasteiger partial charge in [0.2, 0.25) is 0 Å². The molecule has 6 heteroatoms. The number of hydrogen-bond donors (Lipinski definition) is 1. The minimum Gasteiger partial charge on any atom is -0.340 e. The summed E-state index contributed by atoms with van der Waals surface area (Å²) in [6.45, 7) is 3.88. The second-order valence-corrected chi connectivity index (χ2v) is 7.48. The first-order valence-electron chi connectivity index (χ1n) is 9.83. The first-order valence-corrected chi connectivity index (χ1v) is 9.83. The van der Waals surface area contributed by atoms with Crippen LogP contribution in [0.4, 0.5) is 15.9 Å². The monoisotopic (exact) mass is 390 g/mol. The van der Waals surface area contributed by atoms with E-state index in [4.69, 9.17) is 0 Å². The molecule has 4 rings (SSSR count). The fourth-order valence-electron chi connectivity index (χ4n) is 3.47. The highest BCUT2D eigenvalue weighted by atomic mass is 19.1. The van der Waals surface area contributed by atoms with Gasteiger partial charge in [0.1, 0.15) is 18.0 Å². The number of piperidine rings is 1. The van der Waals surface area contributed by atoms with Crippen LogP contribution in [0.5, 0.6) is 0 Å². The van der Waals surface area contributed by atoms with E-state index in [1.807, 2.05) is 29.2 Å². The lowest BCUT2D eigenvalue weighted by molar-refractivity contribution is 0.0697. The van der Waals surface area contributed by atoms with Crippen LogP contribution in [0.2, 0.25) is 0 Å². The van der Waals surface area contributed by atoms with Crippen LogP contribution < -0.4 is 5.32 Å². The van der Waals surface area contributed by atoms with Gasteiger partial charge in [0.15, 0.2) is 0 Å². The number of nitrogens with zero attached hydrogens (tertiary/aromatic N) is 3. The predicted molar refractivity (Wildman–Crippen MR) is 111 cm³/mol. The lowest BCUT2D eigenvalue weighted by atomic mass is 9.98. The average molecular weight is 390 g/mol. The Morgan fingerprint density at radius 3 is 2.55 bits per heavy atom. The quantitative estimate of drug-likeness (QED) is 0.688. The molecule has 5 nitrogen and oxygen atoms in total. The van der Waals surface area contributed by atoms with E-state index in [1.165, 1.54) is 18.5 Å². The van der Waals surface area contributed by atoms with E-state index in [2.05, 4.69) is 22.2 Å². The molecule has 3 aromatic rings. The van der Waals surface area contributed by atoms with E-state index < -0.39 is 0 Å². The molecule has 29 heavy (non-hydrogen) atoms. The highest BCUT2D eigenvalue weighted by Gasteiger charge is 2.21. The van der Waals surface area contributed by atoms with Crippen molar-refractivity contribution in [1.29, 1.82) is 0 Å². The van der Waals surface area contributed by atoms with Gasteiger partial charge in [0, 0.05) is 36.0 Å². The van der Waals surface area contributed by atoms with Crippen molar-refractivity contribution in [2.75, 3.05) is 18.4 Å². The van der Waals surface area contributed by atoms with Crippen molar-refractivity contribution >= 4 is 17.4 Å². The van der Waals surface area contributed by atoms with E-state index in [9.17, 15) is 9.18 Å². The first-order chi connectivity index (χ1) is 14.1. The fourth-order valence-corrected chi connectivity index (χ4v) is 3.47. The number of rotatable bonds is 4. The lowest BCUT2D eigenvalue weighted by Crippen LogP contribution is -2.37. The van der Waals surface area contributed by atoms with Gasteiger partial charge in [0.05, 0.1) is 5.69 Å². The molecule has 0 radical (unpaired) electrons. The maximum atomic E-state index is 13.5. The molecule has 1 aliphatic rings. The third kappa shape index (κ3) is 4.59. The van der Waals surface area contributed by atoms with Gasteiger partial charge in [-0.3, -0.25) is 4.79 Å². The molecule has 1 aliphatic heterocycles. The molecule has 0 spiro atoms. The van der Waals surface area contributed by atoms with Crippen molar-refractivity contribution in [1.82, 2.24) is 14.9 Å². The van der Waals surface area contributed by atoms with Gasteiger partial charge in [-0.05, 0) is 55.2 Å². The van der Waals surface area contributed by atoms with Crippen LogP contribution in [0.15, 0.2) is 60.9 Å². The Morgan fingerprint density at radius 1 is 1.07 bits per heavy atom. The summed E-state index contributed by atoms with van der Waals surface area (Å²) in [6.07, 6.45) is 3.57. The number of anilines is 2. The van der Waals surface area contributed by atoms with Gasteiger partial charge >= 0.3 is 0 Å². The molecule has 2 heterocycles. The number of hydrogen-bond acceptors (Lipinski definition) is 4. The van der Waals surface area contributed by atoms with Crippen molar-refractivity contribution in [3.05, 3.63) is 72.3 Å². The molecule has 148 valence electrons. The highest BCUT2D eigenvalue weighted by molar-refractivity contribution is 5.94. The topological polar surface area (TPSA) is 58.1 Å². The predicted octanol–water partition coefficient (Wildman–Crippen LogP) is 4.90. The smallest absolute Gasteiger partial charge is 0.253 e. The standard InChI is InChI=1S/C23H23FN4O/c1-16-9-11-28(12-10-16)23(29)17-5-7-20(8-6-17)27-22-14-21(25-15-26-22)18-3-2-4-19(24)13-18/h2-8,13-16H,9-12H2,1H3,(H,25,26,27). The number of likely N-dealkylation sites (tertiary alicyclic amines) is 1. The van der Waals surface area contributed by atoms with Gasteiger partial charge in [-0.2, -0.15) is 0 Å². The number of amides is 1. The highest BCUT2D eigenvalue weighted by Crippen LogP contribution is 2.23. The van der Waals surface area contributed by atoms with Crippen LogP contribution in [-0.4, -0.2) is 33.9 Å². The molecule has 0 aliphatic carbocycles. The molecule has 1 N–H and O–H groups in total. The molecule has 0 bridgehead atoms. The molecule has 0 unspecified atom stereocenters. The molecule has 1 saturated heterocycles. The van der Waals surface area contributed by atoms with E-state index in [1.54, 1.807) is 18.2 Å². The summed E-state index contributed by atoms with van der Waals surface area (Å²) in [7, 11) is 0. The Bertz CT molecular complexity index is 998. The van der Waals surface area contributed by atoms with Crippen LogP contribution in [0.1, 0.15) is 30.1 Å². The van der Waals surface area contributed by atoms with Gasteiger partial charge in [0.25, 0.3) is 5.91 Å². The molecule has 0 saturated carbocycles. The summed E-state index contributed by atoms with van der Waals surface area (Å²) in [4.78, 5) is 23.0. The zero-order valence-corrected chi connectivity index (χ0v) is 16.3. The number of halogens is 1. The largest absolute Gasteiger partial charge is 0.340 e. The van der Waals surface area contributed by atoms with E-state index in [0.717, 1.165) is 31.6 Å². The van der Waals surface area contributed by atoms with Crippen molar-refractivity contribution in [2.24, 2.45) is 5.92 Å². The zero-order chi connectivity index (χ0) is 20.2. The molecule has 1 amide bonds. The SMILES string of the molecule is CC1CCN(C(=O)c2ccc(Nc3cc(-c4cccc(F)c4)ncn3)cc2)CC1. The summed E-state index contributed by atoms with van der Waals surface area (Å²) in [5.74, 6) is 1.07. The van der Waals surface area contributed by atoms with Crippen LogP contribution in [-0.2, 0) is 0 Å². The Morgan fingerprint density at radius 2 is 1.83 bits per heavy atom. The third-order valence-electron chi connectivity index (χ3n) is 5.26. The molecular formula is C23H23FN4O. The van der Waals surface area contributed by atoms with E-state index in [0.29, 0.717) is 28.6 Å². The fraction of sp³-hybridized carbons (Fsp3) is 0.261. The number of carbonyl (C=O) groups is 1. The van der Waals surface area contributed by atoms with E-state index >= 15 is 0 Å². The molecular weight excluding hydrogens is 367 g/mol. The van der Waals surface area contributed by atoms with Gasteiger partial charge < -0.3 is 10.2 Å². The minimum absolute atomic E-state index is 0.0823. The summed E-state index contributed by atoms with van der Waals surface area (Å²) in [5, 5.41) is 3.21. The summed E-state index contributed by atoms with van der Waals surface area (Å²) < 4.78 is 13.5. The lowest BCUT2D eigenvalue weighted by Gasteiger charge is -2.30. The Balaban J connectivity index is 1.45. The van der Waals surface area contributed by atoms with Gasteiger partial charge in [-0.1, -0.05) is 19.1 Å². The van der Waals surface area contributed by atoms with E-state index in [-0.39, 0.29) is 11.7 Å². The minimum atomic E-state index is -0.306. The van der Waals surface area contributed by atoms with Crippen molar-refractivity contribution in [3.63, 3.8) is 0 Å². The molecule has 1 aromatic heterocycles. The maximum Gasteiger partial charge on any atom is 0.253 e. The summed E-state index contributed by atoms with van der Waals surface area (Å²) in [6, 6.07) is 15.5. The third-order valence-corrected chi connectivity index (χ3v) is 5.26. The number of nitrogens with one attached hydrogen (secondary N) is 1. The van der Waals surface area contributed by atoms with Gasteiger partial charge in [-0.25, -0.2) is 14.4 Å². The normalized spacial score (nSPS) is 14.6. The maximum absolute atomic E-state index is 13.5. The van der Waals surface area contributed by atoms with Crippen LogP contribution in [0.3, 0.4) is 0 Å². The summed E-state index contributed by atoms with van der Waals surface area (Å²) >= 11 is 0. The molecule has 0 atom stereocenters. The van der Waals surface area contributed by atoms with Crippen molar-refractivity contribution < 1.29 is 9.18 Å². The second-order valence-electron chi connectivity index (χ2n) is 7.48. The second kappa shape index (κ2) is 8.39. The number of carbonyl (C=O) groups excluding carboxylic acids is 1. The van der Waals surface area contributed by atoms with Gasteiger partial charge in [-0.15, -0.1) is 0 Å². The molecule has 2 aromatic carbocycles. The van der Waals surface area contributed by atoms with Crippen LogP contribution in [0.25, 0.3) is 11.3 Å². The van der Waals surface area contributed by atoms with Crippen LogP contribution >= 0.6 is 0 Å². The number of benzene rings is 2. The van der Waals surface area contributed by atoms with Crippen molar-refractivity contribution in [3.8, 4) is 11.3 Å². The average Bonchev–Trinajstić information content (AvgIpc) is 2.75. The zero-order valence-electron chi connectivity index (χ0n) is 16.3. The number of aromatic nitrogens is 2. The van der Waals surface area contributed by atoms with Crippen molar-refractivity contribution in [2.45, 2.75) is 19.8 Å². The Kier molecular flexibility index (Phi) is 5.51.